The molecule has 0 aliphatic carbocycles. The molecule has 6 nitrogen and oxygen atoms in total. The summed E-state index contributed by atoms with van der Waals surface area (Å²) in [5.74, 6) is -0.616. The summed E-state index contributed by atoms with van der Waals surface area (Å²) in [4.78, 5) is 25.8. The molecular formula is C16H22N2O4. The van der Waals surface area contributed by atoms with Gasteiger partial charge < -0.3 is 20.4 Å². The third kappa shape index (κ3) is 4.13. The molecule has 1 aromatic rings. The second-order valence-electron chi connectivity index (χ2n) is 5.64. The first-order valence-electron chi connectivity index (χ1n) is 7.56. The maximum atomic E-state index is 12.1. The molecule has 3 N–H and O–H groups in total. The van der Waals surface area contributed by atoms with E-state index in [2.05, 4.69) is 5.32 Å². The molecule has 1 aromatic carbocycles. The summed E-state index contributed by atoms with van der Waals surface area (Å²) in [6.07, 6.45) is 2.71. The van der Waals surface area contributed by atoms with Crippen molar-refractivity contribution in [1.29, 1.82) is 0 Å². The van der Waals surface area contributed by atoms with Gasteiger partial charge in [0.15, 0.2) is 11.5 Å². The second-order valence-corrected chi connectivity index (χ2v) is 5.64. The third-order valence-electron chi connectivity index (χ3n) is 3.85. The minimum absolute atomic E-state index is 0.0341. The van der Waals surface area contributed by atoms with Crippen molar-refractivity contribution in [3.05, 3.63) is 23.8 Å². The first-order valence-corrected chi connectivity index (χ1v) is 7.56. The zero-order chi connectivity index (χ0) is 16.1. The highest BCUT2D eigenvalue weighted by Crippen LogP contribution is 2.25. The van der Waals surface area contributed by atoms with E-state index in [-0.39, 0.29) is 29.7 Å². The predicted molar refractivity (Wildman–Crippen MR) is 81.5 cm³/mol. The number of hydrogen-bond acceptors (Lipinski definition) is 4. The van der Waals surface area contributed by atoms with Gasteiger partial charge in [-0.1, -0.05) is 6.07 Å². The number of nitrogens with zero attached hydrogens (tertiary/aromatic N) is 1. The zero-order valence-electron chi connectivity index (χ0n) is 12.7. The maximum absolute atomic E-state index is 12.1. The molecule has 1 atom stereocenters. The zero-order valence-corrected chi connectivity index (χ0v) is 12.7. The van der Waals surface area contributed by atoms with Gasteiger partial charge in [-0.3, -0.25) is 9.59 Å². The van der Waals surface area contributed by atoms with Gasteiger partial charge in [0.05, 0.1) is 0 Å². The Morgan fingerprint density at radius 3 is 2.55 bits per heavy atom. The Balaban J connectivity index is 1.79. The normalized spacial score (nSPS) is 15.6. The molecule has 0 radical (unpaired) electrons. The first kappa shape index (κ1) is 16.1. The van der Waals surface area contributed by atoms with Crippen LogP contribution in [0, 0.1) is 0 Å². The molecule has 2 rings (SSSR count). The van der Waals surface area contributed by atoms with E-state index in [9.17, 15) is 19.8 Å². The molecule has 0 bridgehead atoms. The fraction of sp³-hybridized carbons (Fsp3) is 0.500. The van der Waals surface area contributed by atoms with E-state index < -0.39 is 6.04 Å². The molecule has 2 amide bonds. The lowest BCUT2D eigenvalue weighted by Gasteiger charge is -2.21. The minimum atomic E-state index is -0.515. The van der Waals surface area contributed by atoms with Crippen molar-refractivity contribution in [2.45, 2.75) is 38.6 Å². The number of nitrogens with one attached hydrogen (secondary N) is 1. The third-order valence-corrected chi connectivity index (χ3v) is 3.85. The number of phenols is 2. The quantitative estimate of drug-likeness (QED) is 0.712. The molecule has 1 saturated heterocycles. The Morgan fingerprint density at radius 2 is 1.91 bits per heavy atom. The van der Waals surface area contributed by atoms with Gasteiger partial charge in [0.2, 0.25) is 11.8 Å². The highest BCUT2D eigenvalue weighted by atomic mass is 16.3. The Hall–Kier alpha value is -2.24. The van der Waals surface area contributed by atoms with Crippen molar-refractivity contribution in [2.24, 2.45) is 0 Å². The standard InChI is InChI=1S/C16H22N2O4/c1-11(16(22)18-8-2-3-9-18)17-15(21)7-5-12-4-6-13(19)14(20)10-12/h4,6,10-11,19-20H,2-3,5,7-9H2,1H3,(H,17,21). The van der Waals surface area contributed by atoms with Crippen molar-refractivity contribution >= 4 is 11.8 Å². The molecule has 1 heterocycles. The Morgan fingerprint density at radius 1 is 1.23 bits per heavy atom. The van der Waals surface area contributed by atoms with E-state index in [1.54, 1.807) is 17.9 Å². The van der Waals surface area contributed by atoms with E-state index in [4.69, 9.17) is 0 Å². The van der Waals surface area contributed by atoms with Crippen molar-refractivity contribution in [2.75, 3.05) is 13.1 Å². The van der Waals surface area contributed by atoms with Crippen LogP contribution in [0.5, 0.6) is 11.5 Å². The summed E-state index contributed by atoms with van der Waals surface area (Å²) >= 11 is 0. The molecule has 0 saturated carbocycles. The number of rotatable bonds is 5. The number of carbonyl (C=O) groups is 2. The SMILES string of the molecule is CC(NC(=O)CCc1ccc(O)c(O)c1)C(=O)N1CCCC1. The second kappa shape index (κ2) is 7.15. The van der Waals surface area contributed by atoms with Crippen LogP contribution in [-0.4, -0.2) is 46.1 Å². The number of aromatic hydroxyl groups is 2. The van der Waals surface area contributed by atoms with Crippen LogP contribution < -0.4 is 5.32 Å². The minimum Gasteiger partial charge on any atom is -0.504 e. The fourth-order valence-electron chi connectivity index (χ4n) is 2.57. The number of likely N-dealkylation sites (tertiary alicyclic amines) is 1. The summed E-state index contributed by atoms with van der Waals surface area (Å²) in [5, 5.41) is 21.3. The van der Waals surface area contributed by atoms with Gasteiger partial charge in [-0.05, 0) is 43.9 Å². The van der Waals surface area contributed by atoms with E-state index in [1.165, 1.54) is 12.1 Å². The van der Waals surface area contributed by atoms with Crippen LogP contribution in [0.2, 0.25) is 0 Å². The average Bonchev–Trinajstić information content (AvgIpc) is 3.02. The predicted octanol–water partition coefficient (Wildman–Crippen LogP) is 1.16. The van der Waals surface area contributed by atoms with Crippen LogP contribution in [0.15, 0.2) is 18.2 Å². The number of amides is 2. The molecule has 1 aliphatic heterocycles. The lowest BCUT2D eigenvalue weighted by atomic mass is 10.1. The van der Waals surface area contributed by atoms with Crippen molar-refractivity contribution in [1.82, 2.24) is 10.2 Å². The summed E-state index contributed by atoms with van der Waals surface area (Å²) in [5.41, 5.74) is 0.754. The lowest BCUT2D eigenvalue weighted by Crippen LogP contribution is -2.46. The number of hydrogen-bond donors (Lipinski definition) is 3. The molecule has 1 unspecified atom stereocenters. The highest BCUT2D eigenvalue weighted by molar-refractivity contribution is 5.87. The molecule has 22 heavy (non-hydrogen) atoms. The molecule has 6 heteroatoms. The fourth-order valence-corrected chi connectivity index (χ4v) is 2.57. The van der Waals surface area contributed by atoms with Crippen molar-refractivity contribution in [3.63, 3.8) is 0 Å². The summed E-state index contributed by atoms with van der Waals surface area (Å²) in [6, 6.07) is 3.96. The van der Waals surface area contributed by atoms with Gasteiger partial charge >= 0.3 is 0 Å². The number of aryl methyl sites for hydroxylation is 1. The molecule has 120 valence electrons. The number of carbonyl (C=O) groups excluding carboxylic acids is 2. The summed E-state index contributed by atoms with van der Waals surface area (Å²) in [7, 11) is 0. The maximum Gasteiger partial charge on any atom is 0.244 e. The van der Waals surface area contributed by atoms with Crippen LogP contribution in [0.25, 0.3) is 0 Å². The van der Waals surface area contributed by atoms with Crippen LogP contribution in [-0.2, 0) is 16.0 Å². The van der Waals surface area contributed by atoms with Crippen LogP contribution in [0.3, 0.4) is 0 Å². The Kier molecular flexibility index (Phi) is 5.25. The van der Waals surface area contributed by atoms with Gasteiger partial charge in [-0.15, -0.1) is 0 Å². The van der Waals surface area contributed by atoms with Gasteiger partial charge in [0, 0.05) is 19.5 Å². The molecular weight excluding hydrogens is 284 g/mol. The highest BCUT2D eigenvalue weighted by Gasteiger charge is 2.24. The number of benzene rings is 1. The van der Waals surface area contributed by atoms with Crippen molar-refractivity contribution in [3.8, 4) is 11.5 Å². The van der Waals surface area contributed by atoms with Crippen molar-refractivity contribution < 1.29 is 19.8 Å². The molecule has 1 aliphatic rings. The molecule has 0 aromatic heterocycles. The summed E-state index contributed by atoms with van der Waals surface area (Å²) < 4.78 is 0. The van der Waals surface area contributed by atoms with E-state index in [1.807, 2.05) is 0 Å². The van der Waals surface area contributed by atoms with E-state index in [0.717, 1.165) is 31.5 Å². The monoisotopic (exact) mass is 306 g/mol. The van der Waals surface area contributed by atoms with Crippen LogP contribution in [0.4, 0.5) is 0 Å². The van der Waals surface area contributed by atoms with Crippen LogP contribution in [0.1, 0.15) is 31.7 Å². The average molecular weight is 306 g/mol. The Labute approximate surface area is 129 Å². The van der Waals surface area contributed by atoms with Gasteiger partial charge in [-0.2, -0.15) is 0 Å². The van der Waals surface area contributed by atoms with E-state index >= 15 is 0 Å². The largest absolute Gasteiger partial charge is 0.504 e. The first-order chi connectivity index (χ1) is 10.5. The van der Waals surface area contributed by atoms with E-state index in [0.29, 0.717) is 6.42 Å². The Bertz CT molecular complexity index is 553. The topological polar surface area (TPSA) is 89.9 Å². The molecule has 0 spiro atoms. The molecule has 1 fully saturated rings. The summed E-state index contributed by atoms with van der Waals surface area (Å²) in [6.45, 7) is 3.24. The number of phenolic OH excluding ortho intramolecular Hbond substituents is 2. The van der Waals surface area contributed by atoms with Gasteiger partial charge in [0.1, 0.15) is 6.04 Å². The smallest absolute Gasteiger partial charge is 0.244 e. The van der Waals surface area contributed by atoms with Gasteiger partial charge in [0.25, 0.3) is 0 Å². The lowest BCUT2D eigenvalue weighted by molar-refractivity contribution is -0.135. The van der Waals surface area contributed by atoms with Gasteiger partial charge in [-0.25, -0.2) is 0 Å². The van der Waals surface area contributed by atoms with Crippen LogP contribution >= 0.6 is 0 Å².